The SMILES string of the molecule is CN(CCN)Cc1cccc(-c2cc(C(=O)NC3CCOCC3)c(CN)c(NCC(F)(F)F)n2)c1. The van der Waals surface area contributed by atoms with Crippen molar-refractivity contribution in [2.24, 2.45) is 11.5 Å². The third-order valence-electron chi connectivity index (χ3n) is 5.77. The highest BCUT2D eigenvalue weighted by Gasteiger charge is 2.28. The van der Waals surface area contributed by atoms with Crippen molar-refractivity contribution in [1.29, 1.82) is 0 Å². The van der Waals surface area contributed by atoms with Crippen LogP contribution < -0.4 is 22.1 Å². The molecule has 0 atom stereocenters. The molecule has 1 amide bonds. The number of rotatable bonds is 10. The van der Waals surface area contributed by atoms with E-state index in [0.29, 0.717) is 50.4 Å². The monoisotopic (exact) mass is 494 g/mol. The number of likely N-dealkylation sites (N-methyl/N-ethyl adjacent to an activating group) is 1. The van der Waals surface area contributed by atoms with Crippen molar-refractivity contribution in [2.45, 2.75) is 38.1 Å². The van der Waals surface area contributed by atoms with Gasteiger partial charge in [0.1, 0.15) is 12.4 Å². The number of nitrogens with zero attached hydrogens (tertiary/aromatic N) is 2. The van der Waals surface area contributed by atoms with E-state index < -0.39 is 18.6 Å². The van der Waals surface area contributed by atoms with Gasteiger partial charge in [0.25, 0.3) is 5.91 Å². The van der Waals surface area contributed by atoms with Gasteiger partial charge in [0.2, 0.25) is 0 Å². The molecule has 1 aromatic heterocycles. The lowest BCUT2D eigenvalue weighted by Crippen LogP contribution is -2.39. The fourth-order valence-corrected chi connectivity index (χ4v) is 4.00. The summed E-state index contributed by atoms with van der Waals surface area (Å²) in [5.41, 5.74) is 14.0. The highest BCUT2D eigenvalue weighted by molar-refractivity contribution is 5.98. The van der Waals surface area contributed by atoms with Crippen LogP contribution in [-0.2, 0) is 17.8 Å². The summed E-state index contributed by atoms with van der Waals surface area (Å²) in [4.78, 5) is 19.7. The molecule has 8 nitrogen and oxygen atoms in total. The van der Waals surface area contributed by atoms with E-state index in [4.69, 9.17) is 16.2 Å². The number of hydrogen-bond donors (Lipinski definition) is 4. The van der Waals surface area contributed by atoms with Gasteiger partial charge in [-0.1, -0.05) is 18.2 Å². The number of carbonyl (C=O) groups excluding carboxylic acids is 1. The molecule has 1 aliphatic heterocycles. The second-order valence-electron chi connectivity index (χ2n) is 8.64. The van der Waals surface area contributed by atoms with Crippen LogP contribution in [0.3, 0.4) is 0 Å². The van der Waals surface area contributed by atoms with E-state index >= 15 is 0 Å². The van der Waals surface area contributed by atoms with Crippen molar-refractivity contribution >= 4 is 11.7 Å². The summed E-state index contributed by atoms with van der Waals surface area (Å²) in [6.45, 7) is 1.53. The predicted octanol–water partition coefficient (Wildman–Crippen LogP) is 2.48. The van der Waals surface area contributed by atoms with Crippen LogP contribution in [0.5, 0.6) is 0 Å². The van der Waals surface area contributed by atoms with Gasteiger partial charge < -0.3 is 31.7 Å². The molecule has 0 saturated carbocycles. The van der Waals surface area contributed by atoms with E-state index in [0.717, 1.165) is 12.1 Å². The number of pyridine rings is 1. The minimum Gasteiger partial charge on any atom is -0.381 e. The van der Waals surface area contributed by atoms with Crippen LogP contribution in [-0.4, -0.2) is 67.9 Å². The predicted molar refractivity (Wildman–Crippen MR) is 129 cm³/mol. The van der Waals surface area contributed by atoms with Crippen molar-refractivity contribution in [1.82, 2.24) is 15.2 Å². The first kappa shape index (κ1) is 26.9. The summed E-state index contributed by atoms with van der Waals surface area (Å²) < 4.78 is 44.3. The minimum atomic E-state index is -4.46. The second-order valence-corrected chi connectivity index (χ2v) is 8.64. The number of nitrogens with one attached hydrogen (secondary N) is 2. The van der Waals surface area contributed by atoms with Crippen molar-refractivity contribution in [3.8, 4) is 11.3 Å². The molecular weight excluding hydrogens is 461 g/mol. The molecule has 1 saturated heterocycles. The Kier molecular flexibility index (Phi) is 9.44. The van der Waals surface area contributed by atoms with Gasteiger partial charge in [-0.3, -0.25) is 4.79 Å². The summed E-state index contributed by atoms with van der Waals surface area (Å²) in [5.74, 6) is -0.444. The van der Waals surface area contributed by atoms with Crippen LogP contribution in [0.2, 0.25) is 0 Å². The number of aromatic nitrogens is 1. The van der Waals surface area contributed by atoms with Gasteiger partial charge in [-0.25, -0.2) is 4.98 Å². The maximum Gasteiger partial charge on any atom is 0.405 e. The van der Waals surface area contributed by atoms with Gasteiger partial charge >= 0.3 is 6.18 Å². The van der Waals surface area contributed by atoms with Gasteiger partial charge in [-0.05, 0) is 37.6 Å². The fraction of sp³-hybridized carbons (Fsp3) is 0.500. The molecular formula is C24H33F3N6O2. The zero-order valence-corrected chi connectivity index (χ0v) is 19.8. The Balaban J connectivity index is 1.98. The van der Waals surface area contributed by atoms with E-state index in [-0.39, 0.29) is 29.5 Å². The minimum absolute atomic E-state index is 0.0508. The second kappa shape index (κ2) is 12.3. The van der Waals surface area contributed by atoms with E-state index in [2.05, 4.69) is 20.5 Å². The molecule has 6 N–H and O–H groups in total. The van der Waals surface area contributed by atoms with Crippen LogP contribution in [0.4, 0.5) is 19.0 Å². The van der Waals surface area contributed by atoms with E-state index in [9.17, 15) is 18.0 Å². The highest BCUT2D eigenvalue weighted by atomic mass is 19.4. The number of amides is 1. The lowest BCUT2D eigenvalue weighted by atomic mass is 10.0. The van der Waals surface area contributed by atoms with Crippen LogP contribution in [0.25, 0.3) is 11.3 Å². The van der Waals surface area contributed by atoms with Gasteiger partial charge in [0.05, 0.1) is 5.69 Å². The van der Waals surface area contributed by atoms with Gasteiger partial charge in [-0.2, -0.15) is 13.2 Å². The largest absolute Gasteiger partial charge is 0.405 e. The zero-order chi connectivity index (χ0) is 25.4. The number of anilines is 1. The fourth-order valence-electron chi connectivity index (χ4n) is 4.00. The molecule has 0 aliphatic carbocycles. The summed E-state index contributed by atoms with van der Waals surface area (Å²) in [6.07, 6.45) is -3.13. The molecule has 0 unspecified atom stereocenters. The standard InChI is InChI=1S/C24H33F3N6O2/c1-33(8-7-28)14-16-3-2-4-17(11-16)21-12-19(23(34)31-18-5-9-35-10-6-18)20(13-29)22(32-21)30-15-24(25,26)27/h2-4,11-12,18H,5-10,13-15,28-29H2,1H3,(H,30,32)(H,31,34). The molecule has 1 aliphatic rings. The lowest BCUT2D eigenvalue weighted by Gasteiger charge is -2.24. The summed E-state index contributed by atoms with van der Waals surface area (Å²) >= 11 is 0. The molecule has 1 fully saturated rings. The Labute approximate surface area is 203 Å². The third kappa shape index (κ3) is 7.89. The average molecular weight is 495 g/mol. The molecule has 0 bridgehead atoms. The van der Waals surface area contributed by atoms with Gasteiger partial charge in [0.15, 0.2) is 0 Å². The highest BCUT2D eigenvalue weighted by Crippen LogP contribution is 2.28. The molecule has 11 heteroatoms. The van der Waals surface area contributed by atoms with E-state index in [1.54, 1.807) is 6.07 Å². The van der Waals surface area contributed by atoms with Crippen LogP contribution in [0, 0.1) is 0 Å². The van der Waals surface area contributed by atoms with Crippen molar-refractivity contribution in [2.75, 3.05) is 45.2 Å². The topological polar surface area (TPSA) is 119 Å². The Hall–Kier alpha value is -2.73. The zero-order valence-electron chi connectivity index (χ0n) is 19.8. The first-order valence-electron chi connectivity index (χ1n) is 11.6. The molecule has 0 spiro atoms. The van der Waals surface area contributed by atoms with Crippen molar-refractivity contribution < 1.29 is 22.7 Å². The maximum atomic E-state index is 13.2. The maximum absolute atomic E-state index is 13.2. The Morgan fingerprint density at radius 3 is 2.63 bits per heavy atom. The smallest absolute Gasteiger partial charge is 0.381 e. The number of nitrogens with two attached hydrogens (primary N) is 2. The first-order chi connectivity index (χ1) is 16.7. The molecule has 2 aromatic rings. The molecule has 2 heterocycles. The third-order valence-corrected chi connectivity index (χ3v) is 5.77. The molecule has 0 radical (unpaired) electrons. The summed E-state index contributed by atoms with van der Waals surface area (Å²) in [5, 5.41) is 5.31. The quantitative estimate of drug-likeness (QED) is 0.401. The van der Waals surface area contributed by atoms with E-state index in [1.807, 2.05) is 31.3 Å². The normalized spacial score (nSPS) is 14.8. The average Bonchev–Trinajstić information content (AvgIpc) is 2.82. The molecule has 3 rings (SSSR count). The Morgan fingerprint density at radius 2 is 1.97 bits per heavy atom. The van der Waals surface area contributed by atoms with Crippen LogP contribution in [0.1, 0.15) is 34.3 Å². The summed E-state index contributed by atoms with van der Waals surface area (Å²) in [7, 11) is 1.95. The molecule has 192 valence electrons. The first-order valence-corrected chi connectivity index (χ1v) is 11.6. The Bertz CT molecular complexity index is 996. The number of carbonyl (C=O) groups is 1. The van der Waals surface area contributed by atoms with Gasteiger partial charge in [-0.15, -0.1) is 0 Å². The lowest BCUT2D eigenvalue weighted by molar-refractivity contribution is -0.115. The number of alkyl halides is 3. The van der Waals surface area contributed by atoms with Crippen molar-refractivity contribution in [3.05, 3.63) is 47.0 Å². The molecule has 35 heavy (non-hydrogen) atoms. The number of benzene rings is 1. The van der Waals surface area contributed by atoms with Gasteiger partial charge in [0, 0.05) is 62.1 Å². The van der Waals surface area contributed by atoms with Crippen LogP contribution in [0.15, 0.2) is 30.3 Å². The molecule has 1 aromatic carbocycles. The summed E-state index contributed by atoms with van der Waals surface area (Å²) in [6, 6.07) is 9.04. The number of hydrogen-bond acceptors (Lipinski definition) is 7. The van der Waals surface area contributed by atoms with Crippen LogP contribution >= 0.6 is 0 Å². The van der Waals surface area contributed by atoms with E-state index in [1.165, 1.54) is 0 Å². The Morgan fingerprint density at radius 1 is 1.23 bits per heavy atom. The van der Waals surface area contributed by atoms with Crippen molar-refractivity contribution in [3.63, 3.8) is 0 Å². The number of halogens is 3. The number of ether oxygens (including phenoxy) is 1.